The average molecular weight is 292 g/mol. The van der Waals surface area contributed by atoms with Crippen molar-refractivity contribution in [3.63, 3.8) is 0 Å². The predicted molar refractivity (Wildman–Crippen MR) is 82.8 cm³/mol. The van der Waals surface area contributed by atoms with Crippen molar-refractivity contribution in [3.05, 3.63) is 21.9 Å². The Kier molecular flexibility index (Phi) is 4.13. The molecule has 1 saturated heterocycles. The maximum atomic E-state index is 12.3. The highest BCUT2D eigenvalue weighted by Crippen LogP contribution is 2.37. The molecule has 2 fully saturated rings. The van der Waals surface area contributed by atoms with Crippen molar-refractivity contribution in [2.75, 3.05) is 13.1 Å². The summed E-state index contributed by atoms with van der Waals surface area (Å²) in [4.78, 5) is 17.1. The van der Waals surface area contributed by atoms with E-state index in [0.717, 1.165) is 32.4 Å². The molecule has 0 aromatic carbocycles. The summed E-state index contributed by atoms with van der Waals surface area (Å²) >= 11 is 1.84. The third-order valence-corrected chi connectivity index (χ3v) is 5.94. The number of thiophene rings is 1. The van der Waals surface area contributed by atoms with Gasteiger partial charge in [-0.25, -0.2) is 0 Å². The molecule has 110 valence electrons. The van der Waals surface area contributed by atoms with Crippen LogP contribution in [0.1, 0.15) is 35.4 Å². The minimum absolute atomic E-state index is 0.326. The summed E-state index contributed by atoms with van der Waals surface area (Å²) < 4.78 is 0. The number of hydrogen-bond acceptors (Lipinski definition) is 3. The van der Waals surface area contributed by atoms with Crippen LogP contribution in [0.15, 0.2) is 12.1 Å². The highest BCUT2D eigenvalue weighted by Gasteiger charge is 2.42. The Morgan fingerprint density at radius 2 is 2.25 bits per heavy atom. The van der Waals surface area contributed by atoms with Crippen LogP contribution in [0.25, 0.3) is 0 Å². The van der Waals surface area contributed by atoms with E-state index in [0.29, 0.717) is 30.2 Å². The lowest BCUT2D eigenvalue weighted by molar-refractivity contribution is -0.130. The molecule has 1 aromatic rings. The molecule has 0 radical (unpaired) electrons. The van der Waals surface area contributed by atoms with Crippen LogP contribution in [0.5, 0.6) is 0 Å². The number of hydrogen-bond donors (Lipinski definition) is 1. The SMILES string of the molecule is Cc1ccc(CCCC(=O)N2CC3CCC(N)C3C2)s1. The molecule has 0 bridgehead atoms. The predicted octanol–water partition coefficient (Wildman–Crippen LogP) is 2.57. The number of rotatable bonds is 4. The maximum absolute atomic E-state index is 12.3. The fraction of sp³-hybridized carbons (Fsp3) is 0.688. The number of likely N-dealkylation sites (tertiary alicyclic amines) is 1. The lowest BCUT2D eigenvalue weighted by atomic mass is 9.98. The first kappa shape index (κ1) is 14.1. The second-order valence-corrected chi connectivity index (χ2v) is 7.70. The molecule has 20 heavy (non-hydrogen) atoms. The minimum atomic E-state index is 0.326. The van der Waals surface area contributed by atoms with Crippen molar-refractivity contribution in [3.8, 4) is 0 Å². The fourth-order valence-corrected chi connectivity index (χ4v) is 4.63. The van der Waals surface area contributed by atoms with E-state index in [1.165, 1.54) is 16.2 Å². The second-order valence-electron chi connectivity index (χ2n) is 6.33. The molecule has 3 atom stereocenters. The first-order valence-corrected chi connectivity index (χ1v) is 8.54. The first-order chi connectivity index (χ1) is 9.63. The quantitative estimate of drug-likeness (QED) is 0.927. The van der Waals surface area contributed by atoms with Crippen molar-refractivity contribution < 1.29 is 4.79 Å². The Labute approximate surface area is 125 Å². The Hall–Kier alpha value is -0.870. The van der Waals surface area contributed by atoms with E-state index in [1.54, 1.807) is 0 Å². The van der Waals surface area contributed by atoms with Gasteiger partial charge in [0.1, 0.15) is 0 Å². The summed E-state index contributed by atoms with van der Waals surface area (Å²) in [6.07, 6.45) is 5.05. The smallest absolute Gasteiger partial charge is 0.222 e. The molecule has 2 N–H and O–H groups in total. The molecule has 4 heteroatoms. The van der Waals surface area contributed by atoms with E-state index in [9.17, 15) is 4.79 Å². The molecule has 0 spiro atoms. The third-order valence-electron chi connectivity index (χ3n) is 4.87. The molecule has 2 aliphatic rings. The molecule has 1 saturated carbocycles. The van der Waals surface area contributed by atoms with Gasteiger partial charge in [-0.2, -0.15) is 0 Å². The molecule has 3 unspecified atom stereocenters. The Bertz CT molecular complexity index is 485. The number of aryl methyl sites for hydroxylation is 2. The van der Waals surface area contributed by atoms with E-state index < -0.39 is 0 Å². The Morgan fingerprint density at radius 3 is 2.95 bits per heavy atom. The van der Waals surface area contributed by atoms with Gasteiger partial charge in [-0.15, -0.1) is 11.3 Å². The van der Waals surface area contributed by atoms with E-state index in [1.807, 2.05) is 11.3 Å². The lowest BCUT2D eigenvalue weighted by Gasteiger charge is -2.18. The summed E-state index contributed by atoms with van der Waals surface area (Å²) in [7, 11) is 0. The summed E-state index contributed by atoms with van der Waals surface area (Å²) in [5.74, 6) is 1.58. The van der Waals surface area contributed by atoms with Crippen LogP contribution in [0.3, 0.4) is 0 Å². The fourth-order valence-electron chi connectivity index (χ4n) is 3.70. The monoisotopic (exact) mass is 292 g/mol. The van der Waals surface area contributed by atoms with Gasteiger partial charge >= 0.3 is 0 Å². The number of nitrogens with zero attached hydrogens (tertiary/aromatic N) is 1. The highest BCUT2D eigenvalue weighted by molar-refractivity contribution is 7.11. The molecule has 3 nitrogen and oxygen atoms in total. The molecule has 1 aromatic heterocycles. The topological polar surface area (TPSA) is 46.3 Å². The van der Waals surface area contributed by atoms with E-state index in [-0.39, 0.29) is 0 Å². The number of carbonyl (C=O) groups excluding carboxylic acids is 1. The Balaban J connectivity index is 1.44. The maximum Gasteiger partial charge on any atom is 0.222 e. The van der Waals surface area contributed by atoms with Crippen LogP contribution in [0, 0.1) is 18.8 Å². The molecule has 1 aliphatic carbocycles. The van der Waals surface area contributed by atoms with Crippen LogP contribution >= 0.6 is 11.3 Å². The van der Waals surface area contributed by atoms with Gasteiger partial charge in [0, 0.05) is 35.3 Å². The van der Waals surface area contributed by atoms with Crippen molar-refractivity contribution in [2.24, 2.45) is 17.6 Å². The van der Waals surface area contributed by atoms with E-state index >= 15 is 0 Å². The second kappa shape index (κ2) is 5.86. The van der Waals surface area contributed by atoms with Crippen molar-refractivity contribution in [1.29, 1.82) is 0 Å². The summed E-state index contributed by atoms with van der Waals surface area (Å²) in [6, 6.07) is 4.67. The number of carbonyl (C=O) groups is 1. The van der Waals surface area contributed by atoms with Gasteiger partial charge in [0.25, 0.3) is 0 Å². The minimum Gasteiger partial charge on any atom is -0.342 e. The summed E-state index contributed by atoms with van der Waals surface area (Å²) in [5.41, 5.74) is 6.12. The number of nitrogens with two attached hydrogens (primary N) is 1. The Morgan fingerprint density at radius 1 is 1.40 bits per heavy atom. The molecule has 3 rings (SSSR count). The van der Waals surface area contributed by atoms with Gasteiger partial charge in [-0.3, -0.25) is 4.79 Å². The molecular formula is C16H24N2OS. The van der Waals surface area contributed by atoms with Crippen LogP contribution in [0.4, 0.5) is 0 Å². The molecule has 2 heterocycles. The van der Waals surface area contributed by atoms with Crippen molar-refractivity contribution >= 4 is 17.2 Å². The first-order valence-electron chi connectivity index (χ1n) is 7.72. The zero-order valence-electron chi connectivity index (χ0n) is 12.2. The van der Waals surface area contributed by atoms with Crippen molar-refractivity contribution in [1.82, 2.24) is 4.90 Å². The highest BCUT2D eigenvalue weighted by atomic mass is 32.1. The third kappa shape index (κ3) is 2.91. The average Bonchev–Trinajstić information content (AvgIpc) is 3.08. The van der Waals surface area contributed by atoms with Crippen LogP contribution in [-0.4, -0.2) is 29.9 Å². The zero-order chi connectivity index (χ0) is 14.1. The van der Waals surface area contributed by atoms with E-state index in [2.05, 4.69) is 24.0 Å². The van der Waals surface area contributed by atoms with Crippen LogP contribution < -0.4 is 5.73 Å². The molecule has 1 aliphatic heterocycles. The number of fused-ring (bicyclic) bond motifs is 1. The van der Waals surface area contributed by atoms with Gasteiger partial charge in [0.15, 0.2) is 0 Å². The van der Waals surface area contributed by atoms with Gasteiger partial charge in [-0.05, 0) is 56.6 Å². The standard InChI is InChI=1S/C16H24N2OS/c1-11-5-7-13(20-11)3-2-4-16(19)18-9-12-6-8-15(17)14(12)10-18/h5,7,12,14-15H,2-4,6,8-10,17H2,1H3. The summed E-state index contributed by atoms with van der Waals surface area (Å²) in [5, 5.41) is 0. The van der Waals surface area contributed by atoms with Crippen LogP contribution in [0.2, 0.25) is 0 Å². The van der Waals surface area contributed by atoms with E-state index in [4.69, 9.17) is 5.73 Å². The lowest BCUT2D eigenvalue weighted by Crippen LogP contribution is -2.33. The zero-order valence-corrected chi connectivity index (χ0v) is 13.0. The normalized spacial score (nSPS) is 28.9. The van der Waals surface area contributed by atoms with Crippen LogP contribution in [-0.2, 0) is 11.2 Å². The number of amides is 1. The largest absolute Gasteiger partial charge is 0.342 e. The van der Waals surface area contributed by atoms with Gasteiger partial charge in [0.2, 0.25) is 5.91 Å². The molecule has 1 amide bonds. The molecular weight excluding hydrogens is 268 g/mol. The van der Waals surface area contributed by atoms with Gasteiger partial charge in [0.05, 0.1) is 0 Å². The van der Waals surface area contributed by atoms with Crippen molar-refractivity contribution in [2.45, 2.75) is 45.1 Å². The van der Waals surface area contributed by atoms with Gasteiger partial charge < -0.3 is 10.6 Å². The van der Waals surface area contributed by atoms with Gasteiger partial charge in [-0.1, -0.05) is 0 Å². The summed E-state index contributed by atoms with van der Waals surface area (Å²) in [6.45, 7) is 3.99.